The SMILES string of the molecule is CC(=O)O.CN(CCCNc1nc(-n2ccnc2)ns1)Cc1ccc2c(c1)OCO2. The molecule has 2 N–H and O–H groups in total. The van der Waals surface area contributed by atoms with E-state index >= 15 is 0 Å². The number of fused-ring (bicyclic) bond motifs is 1. The minimum atomic E-state index is -0.833. The van der Waals surface area contributed by atoms with Crippen LogP contribution in [-0.2, 0) is 11.3 Å². The molecule has 0 aliphatic carbocycles. The standard InChI is InChI=1S/C17H20N6O2S.C2H4O2/c1-22(10-13-3-4-14-15(9-13)25-12-24-14)7-2-5-19-17-20-16(21-26-17)23-8-6-18-11-23;1-2(3)4/h3-4,6,8-9,11H,2,5,7,10,12H2,1H3,(H,19,20,21);1H3,(H,3,4). The minimum absolute atomic E-state index is 0.314. The van der Waals surface area contributed by atoms with Gasteiger partial charge < -0.3 is 24.8 Å². The number of carbonyl (C=O) groups is 1. The summed E-state index contributed by atoms with van der Waals surface area (Å²) in [6.07, 6.45) is 6.25. The number of rotatable bonds is 8. The maximum atomic E-state index is 9.00. The highest BCUT2D eigenvalue weighted by atomic mass is 32.1. The lowest BCUT2D eigenvalue weighted by molar-refractivity contribution is -0.134. The minimum Gasteiger partial charge on any atom is -0.481 e. The smallest absolute Gasteiger partial charge is 0.300 e. The van der Waals surface area contributed by atoms with Crippen molar-refractivity contribution < 1.29 is 19.4 Å². The molecule has 0 fully saturated rings. The Kier molecular flexibility index (Phi) is 7.57. The van der Waals surface area contributed by atoms with Crippen molar-refractivity contribution in [3.05, 3.63) is 42.5 Å². The second-order valence-electron chi connectivity index (χ2n) is 6.59. The second kappa shape index (κ2) is 10.6. The molecule has 3 aromatic rings. The summed E-state index contributed by atoms with van der Waals surface area (Å²) >= 11 is 1.36. The van der Waals surface area contributed by atoms with Gasteiger partial charge in [-0.15, -0.1) is 0 Å². The quantitative estimate of drug-likeness (QED) is 0.518. The van der Waals surface area contributed by atoms with Crippen LogP contribution in [-0.4, -0.2) is 61.8 Å². The summed E-state index contributed by atoms with van der Waals surface area (Å²) in [5.41, 5.74) is 1.22. The molecule has 0 saturated heterocycles. The Morgan fingerprint density at radius 2 is 2.17 bits per heavy atom. The molecule has 0 amide bonds. The van der Waals surface area contributed by atoms with Crippen molar-refractivity contribution in [2.24, 2.45) is 0 Å². The highest BCUT2D eigenvalue weighted by Crippen LogP contribution is 2.32. The van der Waals surface area contributed by atoms with Crippen molar-refractivity contribution in [2.75, 3.05) is 32.2 Å². The van der Waals surface area contributed by atoms with Crippen LogP contribution in [0.4, 0.5) is 5.13 Å². The largest absolute Gasteiger partial charge is 0.481 e. The highest BCUT2D eigenvalue weighted by molar-refractivity contribution is 7.09. The summed E-state index contributed by atoms with van der Waals surface area (Å²) in [6, 6.07) is 6.11. The summed E-state index contributed by atoms with van der Waals surface area (Å²) in [5, 5.41) is 11.6. The molecule has 160 valence electrons. The van der Waals surface area contributed by atoms with Crippen LogP contribution < -0.4 is 14.8 Å². The Bertz CT molecular complexity index is 942. The first-order valence-electron chi connectivity index (χ1n) is 9.34. The normalized spacial score (nSPS) is 11.8. The van der Waals surface area contributed by atoms with Crippen LogP contribution >= 0.6 is 11.5 Å². The van der Waals surface area contributed by atoms with E-state index in [2.05, 4.69) is 43.7 Å². The van der Waals surface area contributed by atoms with Gasteiger partial charge in [-0.25, -0.2) is 4.98 Å². The zero-order valence-corrected chi connectivity index (χ0v) is 17.6. The van der Waals surface area contributed by atoms with Crippen molar-refractivity contribution >= 4 is 22.6 Å². The number of nitrogens with one attached hydrogen (secondary N) is 1. The van der Waals surface area contributed by atoms with Gasteiger partial charge in [-0.2, -0.15) is 9.36 Å². The summed E-state index contributed by atoms with van der Waals surface area (Å²) < 4.78 is 16.9. The molecule has 10 nitrogen and oxygen atoms in total. The van der Waals surface area contributed by atoms with Crippen LogP contribution in [0.2, 0.25) is 0 Å². The van der Waals surface area contributed by atoms with Gasteiger partial charge in [-0.05, 0) is 37.7 Å². The first kappa shape index (κ1) is 21.5. The molecule has 0 unspecified atom stereocenters. The molecule has 0 saturated carbocycles. The Balaban J connectivity index is 0.000000589. The van der Waals surface area contributed by atoms with E-state index < -0.39 is 5.97 Å². The van der Waals surface area contributed by atoms with Crippen LogP contribution in [0.3, 0.4) is 0 Å². The van der Waals surface area contributed by atoms with E-state index in [1.807, 2.05) is 12.3 Å². The fraction of sp³-hybridized carbons (Fsp3) is 0.368. The fourth-order valence-corrected chi connectivity index (χ4v) is 3.34. The molecule has 1 aliphatic rings. The number of benzene rings is 1. The van der Waals surface area contributed by atoms with Gasteiger partial charge in [0.25, 0.3) is 5.97 Å². The number of aromatic nitrogens is 4. The van der Waals surface area contributed by atoms with E-state index in [1.165, 1.54) is 17.1 Å². The lowest BCUT2D eigenvalue weighted by Gasteiger charge is -2.16. The Labute approximate surface area is 178 Å². The van der Waals surface area contributed by atoms with Gasteiger partial charge in [0, 0.05) is 43.9 Å². The van der Waals surface area contributed by atoms with Gasteiger partial charge >= 0.3 is 0 Å². The number of carboxylic acid groups (broad SMARTS) is 1. The third kappa shape index (κ3) is 6.42. The molecule has 0 spiro atoms. The van der Waals surface area contributed by atoms with Gasteiger partial charge in [-0.1, -0.05) is 6.07 Å². The third-order valence-corrected chi connectivity index (χ3v) is 4.70. The zero-order chi connectivity index (χ0) is 21.3. The number of hydrogen-bond acceptors (Lipinski definition) is 9. The predicted octanol–water partition coefficient (Wildman–Crippen LogP) is 2.48. The van der Waals surface area contributed by atoms with Gasteiger partial charge in [0.05, 0.1) is 0 Å². The Morgan fingerprint density at radius 1 is 1.37 bits per heavy atom. The molecule has 0 atom stereocenters. The van der Waals surface area contributed by atoms with Gasteiger partial charge in [0.1, 0.15) is 6.33 Å². The molecule has 30 heavy (non-hydrogen) atoms. The molecule has 0 bridgehead atoms. The number of aliphatic carboxylic acids is 1. The number of nitrogens with zero attached hydrogens (tertiary/aromatic N) is 5. The molecular weight excluding hydrogens is 408 g/mol. The van der Waals surface area contributed by atoms with Crippen molar-refractivity contribution in [1.82, 2.24) is 23.8 Å². The maximum absolute atomic E-state index is 9.00. The average molecular weight is 433 g/mol. The fourth-order valence-electron chi connectivity index (χ4n) is 2.74. The molecule has 1 aliphatic heterocycles. The number of imidazole rings is 1. The molecule has 3 heterocycles. The Hall–Kier alpha value is -3.18. The lowest BCUT2D eigenvalue weighted by Crippen LogP contribution is -2.21. The van der Waals surface area contributed by atoms with Crippen molar-refractivity contribution in [1.29, 1.82) is 0 Å². The number of anilines is 1. The average Bonchev–Trinajstić information content (AvgIpc) is 3.45. The van der Waals surface area contributed by atoms with E-state index in [1.54, 1.807) is 17.1 Å². The van der Waals surface area contributed by atoms with Crippen molar-refractivity contribution in [3.8, 4) is 17.4 Å². The highest BCUT2D eigenvalue weighted by Gasteiger charge is 2.13. The van der Waals surface area contributed by atoms with Gasteiger partial charge in [0.2, 0.25) is 17.9 Å². The molecule has 11 heteroatoms. The van der Waals surface area contributed by atoms with E-state index in [0.717, 1.165) is 49.6 Å². The maximum Gasteiger partial charge on any atom is 0.300 e. The first-order chi connectivity index (χ1) is 14.5. The molecule has 4 rings (SSSR count). The zero-order valence-electron chi connectivity index (χ0n) is 16.8. The molecule has 2 aromatic heterocycles. The van der Waals surface area contributed by atoms with Crippen LogP contribution in [0.5, 0.6) is 11.5 Å². The van der Waals surface area contributed by atoms with E-state index in [4.69, 9.17) is 19.4 Å². The van der Waals surface area contributed by atoms with Gasteiger partial charge in [-0.3, -0.25) is 9.36 Å². The van der Waals surface area contributed by atoms with Crippen molar-refractivity contribution in [3.63, 3.8) is 0 Å². The monoisotopic (exact) mass is 432 g/mol. The van der Waals surface area contributed by atoms with Crippen LogP contribution in [0.1, 0.15) is 18.9 Å². The summed E-state index contributed by atoms with van der Waals surface area (Å²) in [5.74, 6) is 1.48. The Morgan fingerprint density at radius 3 is 2.93 bits per heavy atom. The number of hydrogen-bond donors (Lipinski definition) is 2. The van der Waals surface area contributed by atoms with Crippen molar-refractivity contribution in [2.45, 2.75) is 19.9 Å². The van der Waals surface area contributed by atoms with E-state index in [9.17, 15) is 0 Å². The summed E-state index contributed by atoms with van der Waals surface area (Å²) in [6.45, 7) is 4.10. The summed E-state index contributed by atoms with van der Waals surface area (Å²) in [4.78, 5) is 19.7. The van der Waals surface area contributed by atoms with E-state index in [-0.39, 0.29) is 0 Å². The van der Waals surface area contributed by atoms with Gasteiger partial charge in [0.15, 0.2) is 11.5 Å². The van der Waals surface area contributed by atoms with Crippen LogP contribution in [0.25, 0.3) is 5.95 Å². The topological polar surface area (TPSA) is 115 Å². The molecule has 1 aromatic carbocycles. The lowest BCUT2D eigenvalue weighted by atomic mass is 10.2. The number of ether oxygens (including phenoxy) is 2. The molecular formula is C19H24N6O4S. The van der Waals surface area contributed by atoms with Crippen LogP contribution in [0, 0.1) is 0 Å². The van der Waals surface area contributed by atoms with Crippen LogP contribution in [0.15, 0.2) is 36.9 Å². The first-order valence-corrected chi connectivity index (χ1v) is 10.1. The number of carboxylic acids is 1. The van der Waals surface area contributed by atoms with E-state index in [0.29, 0.717) is 12.7 Å². The molecule has 0 radical (unpaired) electrons. The predicted molar refractivity (Wildman–Crippen MR) is 112 cm³/mol. The third-order valence-electron chi connectivity index (χ3n) is 4.03. The summed E-state index contributed by atoms with van der Waals surface area (Å²) in [7, 11) is 2.12. The second-order valence-corrected chi connectivity index (χ2v) is 7.35.